The zero-order valence-corrected chi connectivity index (χ0v) is 11.9. The molecule has 0 aliphatic carbocycles. The lowest BCUT2D eigenvalue weighted by atomic mass is 10.0. The van der Waals surface area contributed by atoms with E-state index in [1.807, 2.05) is 0 Å². The summed E-state index contributed by atoms with van der Waals surface area (Å²) in [5.41, 5.74) is 0.167. The van der Waals surface area contributed by atoms with Crippen molar-refractivity contribution in [1.29, 1.82) is 0 Å². The van der Waals surface area contributed by atoms with E-state index in [0.717, 1.165) is 0 Å². The second-order valence-corrected chi connectivity index (χ2v) is 4.79. The van der Waals surface area contributed by atoms with Crippen molar-refractivity contribution in [3.63, 3.8) is 0 Å². The van der Waals surface area contributed by atoms with Crippen LogP contribution < -0.4 is 0 Å². The van der Waals surface area contributed by atoms with E-state index in [0.29, 0.717) is 0 Å². The Balaban J connectivity index is 0.000000231. The van der Waals surface area contributed by atoms with E-state index in [9.17, 15) is 9.59 Å². The summed E-state index contributed by atoms with van der Waals surface area (Å²) in [6.45, 7) is -0.408. The second kappa shape index (κ2) is 8.56. The molecule has 1 aliphatic rings. The van der Waals surface area contributed by atoms with Gasteiger partial charge in [-0.25, -0.2) is 9.59 Å². The van der Waals surface area contributed by atoms with Crippen LogP contribution >= 0.6 is 0 Å². The topological polar surface area (TPSA) is 165 Å². The number of hydrogen-bond donors (Lipinski definition) is 6. The number of carboxylic acids is 2. The van der Waals surface area contributed by atoms with Crippen LogP contribution in [-0.2, 0) is 4.74 Å². The summed E-state index contributed by atoms with van der Waals surface area (Å²) in [5, 5.41) is 52.6. The van der Waals surface area contributed by atoms with Gasteiger partial charge in [0.25, 0.3) is 0 Å². The summed E-state index contributed by atoms with van der Waals surface area (Å²) in [4.78, 5) is 20.7. The summed E-state index contributed by atoms with van der Waals surface area (Å²) in [7, 11) is 0. The number of rotatable bonds is 3. The van der Waals surface area contributed by atoms with Gasteiger partial charge in [0, 0.05) is 0 Å². The van der Waals surface area contributed by atoms with Crippen LogP contribution in [0.15, 0.2) is 24.3 Å². The number of benzene rings is 1. The van der Waals surface area contributed by atoms with Crippen molar-refractivity contribution in [2.45, 2.75) is 24.4 Å². The number of hydrogen-bond acceptors (Lipinski definition) is 7. The molecule has 4 atom stereocenters. The highest BCUT2D eigenvalue weighted by molar-refractivity contribution is 5.91. The van der Waals surface area contributed by atoms with E-state index in [-0.39, 0.29) is 24.3 Å². The third kappa shape index (κ3) is 5.27. The zero-order chi connectivity index (χ0) is 17.6. The molecule has 0 aromatic heterocycles. The summed E-state index contributed by atoms with van der Waals surface area (Å²) < 4.78 is 4.81. The minimum absolute atomic E-state index is 0.0521. The molecular formula is C14H18O9. The number of aliphatic hydroxyl groups excluding tert-OH is 4. The summed E-state index contributed by atoms with van der Waals surface area (Å²) in [5.74, 6) is -2.13. The fraction of sp³-hybridized carbons (Fsp3) is 0.429. The molecule has 23 heavy (non-hydrogen) atoms. The SMILES string of the molecule is O=C(O)c1ccc(C(=O)O)cc1.OC[C@H]1OC[C@H](O)[C@@H](O)[C@@H]1O. The van der Waals surface area contributed by atoms with Crippen LogP contribution in [0, 0.1) is 0 Å². The highest BCUT2D eigenvalue weighted by Gasteiger charge is 2.36. The van der Waals surface area contributed by atoms with Crippen LogP contribution in [0.5, 0.6) is 0 Å². The average molecular weight is 330 g/mol. The largest absolute Gasteiger partial charge is 0.478 e. The van der Waals surface area contributed by atoms with Crippen LogP contribution in [0.3, 0.4) is 0 Å². The van der Waals surface area contributed by atoms with Gasteiger partial charge in [0.05, 0.1) is 24.3 Å². The Hall–Kier alpha value is -2.04. The monoisotopic (exact) mass is 330 g/mol. The van der Waals surface area contributed by atoms with E-state index >= 15 is 0 Å². The van der Waals surface area contributed by atoms with E-state index in [1.54, 1.807) is 0 Å². The third-order valence-corrected chi connectivity index (χ3v) is 3.16. The van der Waals surface area contributed by atoms with Crippen molar-refractivity contribution >= 4 is 11.9 Å². The lowest BCUT2D eigenvalue weighted by molar-refractivity contribution is -0.195. The van der Waals surface area contributed by atoms with Gasteiger partial charge in [-0.2, -0.15) is 0 Å². The molecule has 0 spiro atoms. The first kappa shape index (κ1) is 19.0. The fourth-order valence-electron chi connectivity index (χ4n) is 1.78. The van der Waals surface area contributed by atoms with Crippen LogP contribution in [0.2, 0.25) is 0 Å². The molecule has 0 saturated carbocycles. The first-order valence-corrected chi connectivity index (χ1v) is 6.61. The van der Waals surface area contributed by atoms with E-state index in [1.165, 1.54) is 24.3 Å². The normalized spacial score (nSPS) is 26.8. The van der Waals surface area contributed by atoms with Crippen LogP contribution in [0.4, 0.5) is 0 Å². The van der Waals surface area contributed by atoms with Gasteiger partial charge in [-0.3, -0.25) is 0 Å². The highest BCUT2D eigenvalue weighted by Crippen LogP contribution is 2.14. The van der Waals surface area contributed by atoms with E-state index in [4.69, 9.17) is 35.4 Å². The highest BCUT2D eigenvalue weighted by atomic mass is 16.5. The van der Waals surface area contributed by atoms with Crippen molar-refractivity contribution < 1.29 is 45.0 Å². The number of ether oxygens (including phenoxy) is 1. The van der Waals surface area contributed by atoms with E-state index in [2.05, 4.69) is 0 Å². The minimum atomic E-state index is -1.22. The predicted octanol–water partition coefficient (Wildman–Crippen LogP) is -1.46. The molecule has 1 heterocycles. The number of carbonyl (C=O) groups is 2. The van der Waals surface area contributed by atoms with Gasteiger partial charge in [-0.05, 0) is 24.3 Å². The molecule has 0 amide bonds. The quantitative estimate of drug-likeness (QED) is 0.388. The molecule has 0 unspecified atom stereocenters. The Morgan fingerprint density at radius 1 is 0.957 bits per heavy atom. The first-order valence-electron chi connectivity index (χ1n) is 6.61. The molecule has 9 heteroatoms. The molecule has 1 aliphatic heterocycles. The molecule has 0 radical (unpaired) electrons. The average Bonchev–Trinajstić information content (AvgIpc) is 2.53. The van der Waals surface area contributed by atoms with Crippen molar-refractivity contribution in [2.75, 3.05) is 13.2 Å². The fourth-order valence-corrected chi connectivity index (χ4v) is 1.78. The zero-order valence-electron chi connectivity index (χ0n) is 11.9. The van der Waals surface area contributed by atoms with Crippen molar-refractivity contribution in [3.05, 3.63) is 35.4 Å². The Labute approximate surface area is 131 Å². The summed E-state index contributed by atoms with van der Waals surface area (Å²) >= 11 is 0. The van der Waals surface area contributed by atoms with Crippen LogP contribution in [-0.4, -0.2) is 80.2 Å². The molecule has 1 aromatic rings. The molecule has 6 N–H and O–H groups in total. The molecule has 9 nitrogen and oxygen atoms in total. The smallest absolute Gasteiger partial charge is 0.335 e. The van der Waals surface area contributed by atoms with Crippen LogP contribution in [0.1, 0.15) is 20.7 Å². The molecule has 0 bridgehead atoms. The van der Waals surface area contributed by atoms with Crippen molar-refractivity contribution in [2.24, 2.45) is 0 Å². The summed E-state index contributed by atoms with van der Waals surface area (Å²) in [6, 6.07) is 5.02. The standard InChI is InChI=1S/C8H6O4.C6H12O5/c9-7(10)5-1-2-6(4-3-5)8(11)12;7-1-4-6(10)5(9)3(8)2-11-4/h1-4H,(H,9,10)(H,11,12);3-10H,1-2H2/t;3-,4+,5+,6+/m.0/s1. The van der Waals surface area contributed by atoms with Gasteiger partial charge < -0.3 is 35.4 Å². The van der Waals surface area contributed by atoms with Gasteiger partial charge in [0.2, 0.25) is 0 Å². The Kier molecular flexibility index (Phi) is 7.07. The van der Waals surface area contributed by atoms with Gasteiger partial charge in [-0.1, -0.05) is 0 Å². The maximum absolute atomic E-state index is 10.3. The predicted molar refractivity (Wildman–Crippen MR) is 75.2 cm³/mol. The van der Waals surface area contributed by atoms with Gasteiger partial charge >= 0.3 is 11.9 Å². The van der Waals surface area contributed by atoms with Gasteiger partial charge in [0.1, 0.15) is 24.4 Å². The third-order valence-electron chi connectivity index (χ3n) is 3.16. The molecule has 1 fully saturated rings. The van der Waals surface area contributed by atoms with Crippen molar-refractivity contribution in [3.8, 4) is 0 Å². The maximum atomic E-state index is 10.3. The number of aliphatic hydroxyl groups is 4. The van der Waals surface area contributed by atoms with Gasteiger partial charge in [0.15, 0.2) is 0 Å². The van der Waals surface area contributed by atoms with Crippen molar-refractivity contribution in [1.82, 2.24) is 0 Å². The minimum Gasteiger partial charge on any atom is -0.478 e. The number of aromatic carboxylic acids is 2. The Morgan fingerprint density at radius 3 is 1.74 bits per heavy atom. The molecule has 1 aromatic carbocycles. The Morgan fingerprint density at radius 2 is 1.39 bits per heavy atom. The summed E-state index contributed by atoms with van der Waals surface area (Å²) in [6.07, 6.45) is -4.27. The molecule has 1 saturated heterocycles. The van der Waals surface area contributed by atoms with Crippen LogP contribution in [0.25, 0.3) is 0 Å². The molecular weight excluding hydrogens is 312 g/mol. The molecule has 2 rings (SSSR count). The second-order valence-electron chi connectivity index (χ2n) is 4.79. The maximum Gasteiger partial charge on any atom is 0.335 e. The lowest BCUT2D eigenvalue weighted by Crippen LogP contribution is -2.53. The Bertz CT molecular complexity index is 493. The number of carboxylic acid groups (broad SMARTS) is 2. The van der Waals surface area contributed by atoms with Gasteiger partial charge in [-0.15, -0.1) is 0 Å². The first-order chi connectivity index (χ1) is 10.8. The lowest BCUT2D eigenvalue weighted by Gasteiger charge is -2.34. The van der Waals surface area contributed by atoms with E-state index < -0.39 is 36.4 Å². The molecule has 128 valence electrons.